The number of H-pyrrole nitrogens is 1. The van der Waals surface area contributed by atoms with Gasteiger partial charge in [-0.15, -0.1) is 0 Å². The Bertz CT molecular complexity index is 1110. The van der Waals surface area contributed by atoms with Crippen LogP contribution in [0.4, 0.5) is 0 Å². The van der Waals surface area contributed by atoms with Gasteiger partial charge in [0.15, 0.2) is 5.78 Å². The highest BCUT2D eigenvalue weighted by molar-refractivity contribution is 6.02. The molecule has 140 valence electrons. The number of hydrogen-bond acceptors (Lipinski definition) is 5. The minimum absolute atomic E-state index is 0.0600. The summed E-state index contributed by atoms with van der Waals surface area (Å²) in [5.41, 5.74) is 0.531. The van der Waals surface area contributed by atoms with Crippen molar-refractivity contribution in [3.05, 3.63) is 62.3 Å². The fourth-order valence-electron chi connectivity index (χ4n) is 3.86. The highest BCUT2D eigenvalue weighted by Gasteiger charge is 2.31. The topological polar surface area (TPSA) is 98.0 Å². The van der Waals surface area contributed by atoms with Gasteiger partial charge in [0.05, 0.1) is 11.6 Å². The molecule has 0 saturated carbocycles. The molecule has 0 aromatic carbocycles. The van der Waals surface area contributed by atoms with E-state index in [0.717, 1.165) is 25.0 Å². The molecule has 4 rings (SSSR count). The van der Waals surface area contributed by atoms with Crippen LogP contribution in [0.15, 0.2) is 38.6 Å². The number of ketones is 1. The Labute approximate surface area is 155 Å². The van der Waals surface area contributed by atoms with Crippen molar-refractivity contribution in [3.63, 3.8) is 0 Å². The fourth-order valence-corrected chi connectivity index (χ4v) is 3.86. The summed E-state index contributed by atoms with van der Waals surface area (Å²) in [6.45, 7) is 2.57. The molecule has 3 aromatic rings. The first-order chi connectivity index (χ1) is 13.1. The molecule has 3 heterocycles. The molecule has 0 aliphatic heterocycles. The van der Waals surface area contributed by atoms with Crippen LogP contribution in [0.2, 0.25) is 0 Å². The maximum Gasteiger partial charge on any atom is 0.329 e. The third kappa shape index (κ3) is 3.03. The van der Waals surface area contributed by atoms with E-state index >= 15 is 0 Å². The monoisotopic (exact) mass is 367 g/mol. The van der Waals surface area contributed by atoms with Crippen molar-refractivity contribution < 1.29 is 9.21 Å². The quantitative estimate of drug-likeness (QED) is 0.699. The first kappa shape index (κ1) is 17.5. The molecule has 3 aromatic heterocycles. The number of carbonyl (C=O) groups excluding carboxylic acids is 1. The number of rotatable bonds is 5. The summed E-state index contributed by atoms with van der Waals surface area (Å²) in [6.07, 6.45) is 6.75. The van der Waals surface area contributed by atoms with Crippen molar-refractivity contribution in [1.29, 1.82) is 0 Å². The summed E-state index contributed by atoms with van der Waals surface area (Å²) < 4.78 is 6.99. The Hall–Kier alpha value is -2.96. The van der Waals surface area contributed by atoms with E-state index in [9.17, 15) is 14.4 Å². The van der Waals surface area contributed by atoms with E-state index in [-0.39, 0.29) is 11.7 Å². The van der Waals surface area contributed by atoms with Crippen LogP contribution in [0.1, 0.15) is 60.2 Å². The standard InChI is InChI=1S/C20H21N3O4/c1-2-3-4-7-23-18-17(19(25)22-20(23)26)13-9-12(16-6-5-8-27-16)10-15(24)14(13)11-21-18/h5-6,8,11-12H,2-4,7,9-10H2,1H3,(H,22,25,26)/t12-/m1/s1. The molecule has 0 saturated heterocycles. The van der Waals surface area contributed by atoms with Crippen LogP contribution >= 0.6 is 0 Å². The highest BCUT2D eigenvalue weighted by atomic mass is 16.3. The van der Waals surface area contributed by atoms with Crippen LogP contribution in [0.25, 0.3) is 11.0 Å². The number of carbonyl (C=O) groups is 1. The number of hydrogen-bond donors (Lipinski definition) is 1. The lowest BCUT2D eigenvalue weighted by Crippen LogP contribution is -2.33. The first-order valence-electron chi connectivity index (χ1n) is 9.31. The summed E-state index contributed by atoms with van der Waals surface area (Å²) in [7, 11) is 0. The SMILES string of the molecule is CCCCCn1c(=O)[nH]c(=O)c2c3c(cnc21)C(=O)C[C@H](c1ccco1)C3. The van der Waals surface area contributed by atoms with E-state index in [1.807, 2.05) is 6.07 Å². The van der Waals surface area contributed by atoms with E-state index in [4.69, 9.17) is 4.42 Å². The molecular formula is C20H21N3O4. The van der Waals surface area contributed by atoms with Gasteiger partial charge in [-0.1, -0.05) is 19.8 Å². The van der Waals surface area contributed by atoms with Gasteiger partial charge in [0.25, 0.3) is 5.56 Å². The van der Waals surface area contributed by atoms with E-state index in [0.29, 0.717) is 41.5 Å². The largest absolute Gasteiger partial charge is 0.469 e. The Morgan fingerprint density at radius 2 is 2.11 bits per heavy atom. The Morgan fingerprint density at radius 1 is 1.26 bits per heavy atom. The number of unbranched alkanes of at least 4 members (excludes halogenated alkanes) is 2. The molecule has 1 aliphatic carbocycles. The predicted octanol–water partition coefficient (Wildman–Crippen LogP) is 2.78. The molecule has 0 radical (unpaired) electrons. The van der Waals surface area contributed by atoms with Crippen LogP contribution in [-0.2, 0) is 13.0 Å². The fraction of sp³-hybridized carbons (Fsp3) is 0.400. The van der Waals surface area contributed by atoms with Gasteiger partial charge in [-0.3, -0.25) is 19.1 Å². The van der Waals surface area contributed by atoms with Gasteiger partial charge < -0.3 is 4.42 Å². The zero-order chi connectivity index (χ0) is 19.0. The first-order valence-corrected chi connectivity index (χ1v) is 9.31. The van der Waals surface area contributed by atoms with Crippen molar-refractivity contribution in [2.75, 3.05) is 0 Å². The van der Waals surface area contributed by atoms with Crippen molar-refractivity contribution in [2.24, 2.45) is 0 Å². The van der Waals surface area contributed by atoms with Gasteiger partial charge in [-0.05, 0) is 30.5 Å². The van der Waals surface area contributed by atoms with Gasteiger partial charge in [0, 0.05) is 30.6 Å². The predicted molar refractivity (Wildman–Crippen MR) is 100 cm³/mol. The van der Waals surface area contributed by atoms with Crippen molar-refractivity contribution in [1.82, 2.24) is 14.5 Å². The van der Waals surface area contributed by atoms with E-state index in [1.165, 1.54) is 10.8 Å². The molecule has 7 heteroatoms. The summed E-state index contributed by atoms with van der Waals surface area (Å²) >= 11 is 0. The number of aryl methyl sites for hydroxylation is 1. The normalized spacial score (nSPS) is 16.6. The molecule has 1 aliphatic rings. The zero-order valence-electron chi connectivity index (χ0n) is 15.2. The van der Waals surface area contributed by atoms with Gasteiger partial charge in [-0.2, -0.15) is 0 Å². The zero-order valence-corrected chi connectivity index (χ0v) is 15.2. The van der Waals surface area contributed by atoms with Crippen LogP contribution in [0, 0.1) is 0 Å². The Balaban J connectivity index is 1.88. The molecule has 0 fully saturated rings. The summed E-state index contributed by atoms with van der Waals surface area (Å²) in [6, 6.07) is 3.63. The maximum absolute atomic E-state index is 12.6. The molecule has 0 spiro atoms. The average molecular weight is 367 g/mol. The molecule has 0 unspecified atom stereocenters. The lowest BCUT2D eigenvalue weighted by atomic mass is 9.81. The lowest BCUT2D eigenvalue weighted by molar-refractivity contribution is 0.0960. The third-order valence-corrected chi connectivity index (χ3v) is 5.23. The summed E-state index contributed by atoms with van der Waals surface area (Å²) in [5, 5.41) is 0.341. The second kappa shape index (κ2) is 6.98. The van der Waals surface area contributed by atoms with E-state index in [1.54, 1.807) is 12.3 Å². The van der Waals surface area contributed by atoms with E-state index < -0.39 is 11.2 Å². The maximum atomic E-state index is 12.6. The van der Waals surface area contributed by atoms with Crippen LogP contribution < -0.4 is 11.2 Å². The second-order valence-electron chi connectivity index (χ2n) is 7.01. The average Bonchev–Trinajstić information content (AvgIpc) is 3.18. The summed E-state index contributed by atoms with van der Waals surface area (Å²) in [4.78, 5) is 44.3. The van der Waals surface area contributed by atoms with Crippen molar-refractivity contribution >= 4 is 16.8 Å². The molecular weight excluding hydrogens is 346 g/mol. The highest BCUT2D eigenvalue weighted by Crippen LogP contribution is 2.34. The third-order valence-electron chi connectivity index (χ3n) is 5.23. The number of Topliss-reactive ketones (excluding diaryl/α,β-unsaturated/α-hetero) is 1. The number of nitrogens with zero attached hydrogens (tertiary/aromatic N) is 2. The number of aromatic nitrogens is 3. The number of fused-ring (bicyclic) bond motifs is 3. The van der Waals surface area contributed by atoms with Crippen LogP contribution in [0.5, 0.6) is 0 Å². The number of pyridine rings is 1. The molecule has 27 heavy (non-hydrogen) atoms. The Kier molecular flexibility index (Phi) is 4.51. The van der Waals surface area contributed by atoms with Gasteiger partial charge in [0.2, 0.25) is 0 Å². The summed E-state index contributed by atoms with van der Waals surface area (Å²) in [5.74, 6) is 0.548. The van der Waals surface area contributed by atoms with E-state index in [2.05, 4.69) is 16.9 Å². The molecule has 1 atom stereocenters. The lowest BCUT2D eigenvalue weighted by Gasteiger charge is -2.23. The number of furan rings is 1. The molecule has 1 N–H and O–H groups in total. The Morgan fingerprint density at radius 3 is 2.85 bits per heavy atom. The molecule has 0 bridgehead atoms. The molecule has 7 nitrogen and oxygen atoms in total. The van der Waals surface area contributed by atoms with Crippen LogP contribution in [0.3, 0.4) is 0 Å². The van der Waals surface area contributed by atoms with Crippen LogP contribution in [-0.4, -0.2) is 20.3 Å². The second-order valence-corrected chi connectivity index (χ2v) is 7.01. The number of nitrogens with one attached hydrogen (secondary N) is 1. The number of aromatic amines is 1. The molecule has 0 amide bonds. The van der Waals surface area contributed by atoms with Crippen molar-refractivity contribution in [2.45, 2.75) is 51.5 Å². The minimum Gasteiger partial charge on any atom is -0.469 e. The van der Waals surface area contributed by atoms with Gasteiger partial charge >= 0.3 is 5.69 Å². The van der Waals surface area contributed by atoms with Gasteiger partial charge in [-0.25, -0.2) is 9.78 Å². The smallest absolute Gasteiger partial charge is 0.329 e. The minimum atomic E-state index is -0.487. The van der Waals surface area contributed by atoms with Gasteiger partial charge in [0.1, 0.15) is 11.4 Å². The van der Waals surface area contributed by atoms with Crippen molar-refractivity contribution in [3.8, 4) is 0 Å².